The van der Waals surface area contributed by atoms with Crippen molar-refractivity contribution < 1.29 is 4.79 Å². The van der Waals surface area contributed by atoms with E-state index in [4.69, 9.17) is 0 Å². The summed E-state index contributed by atoms with van der Waals surface area (Å²) < 4.78 is 2.69. The molecule has 1 atom stereocenters. The molecule has 1 unspecified atom stereocenters. The number of nitrogens with zero attached hydrogens (tertiary/aromatic N) is 5. The van der Waals surface area contributed by atoms with Gasteiger partial charge in [0, 0.05) is 38.8 Å². The Morgan fingerprint density at radius 1 is 1.16 bits per heavy atom. The van der Waals surface area contributed by atoms with E-state index in [2.05, 4.69) is 15.5 Å². The molecular formula is C21H24N6O3S. The fraction of sp³-hybridized carbons (Fsp3) is 0.381. The molecule has 1 amide bonds. The molecular weight excluding hydrogens is 416 g/mol. The molecule has 4 heterocycles. The smallest absolute Gasteiger partial charge is 0.266 e. The first-order valence-corrected chi connectivity index (χ1v) is 11.1. The average molecular weight is 441 g/mol. The maximum absolute atomic E-state index is 12.7. The van der Waals surface area contributed by atoms with E-state index in [-0.39, 0.29) is 22.9 Å². The topological polar surface area (TPSA) is 102 Å². The van der Waals surface area contributed by atoms with Crippen LogP contribution in [0.25, 0.3) is 10.6 Å². The van der Waals surface area contributed by atoms with Crippen molar-refractivity contribution in [3.8, 4) is 10.6 Å². The highest BCUT2D eigenvalue weighted by atomic mass is 32.1. The maximum atomic E-state index is 12.7. The standard InChI is InChI=1S/C21H24N6O3S/c1-25-19(28)9-7-18(24-25)26-11-2-4-15(14-26)21(30)22-10-12-27-20(29)8-6-16(23-27)17-5-3-13-31-17/h3,5-9,13,15H,2,4,10-12,14H2,1H3,(H,22,30). The van der Waals surface area contributed by atoms with Gasteiger partial charge >= 0.3 is 0 Å². The second kappa shape index (κ2) is 9.25. The zero-order valence-electron chi connectivity index (χ0n) is 17.2. The van der Waals surface area contributed by atoms with Crippen LogP contribution in [0.1, 0.15) is 12.8 Å². The first-order valence-electron chi connectivity index (χ1n) is 10.2. The quantitative estimate of drug-likeness (QED) is 0.616. The number of nitrogens with one attached hydrogen (secondary N) is 1. The van der Waals surface area contributed by atoms with Crippen molar-refractivity contribution >= 4 is 23.1 Å². The van der Waals surface area contributed by atoms with Gasteiger partial charge in [0.15, 0.2) is 0 Å². The Hall–Kier alpha value is -3.27. The first-order chi connectivity index (χ1) is 15.0. The average Bonchev–Trinajstić information content (AvgIpc) is 3.32. The summed E-state index contributed by atoms with van der Waals surface area (Å²) in [5.74, 6) is 0.479. The highest BCUT2D eigenvalue weighted by molar-refractivity contribution is 7.13. The number of carbonyl (C=O) groups is 1. The van der Waals surface area contributed by atoms with Crippen molar-refractivity contribution in [3.63, 3.8) is 0 Å². The fourth-order valence-corrected chi connectivity index (χ4v) is 4.34. The Kier molecular flexibility index (Phi) is 6.26. The summed E-state index contributed by atoms with van der Waals surface area (Å²) in [7, 11) is 1.61. The summed E-state index contributed by atoms with van der Waals surface area (Å²) in [6, 6.07) is 10.3. The van der Waals surface area contributed by atoms with Crippen molar-refractivity contribution in [1.82, 2.24) is 24.9 Å². The number of anilines is 1. The molecule has 0 spiro atoms. The number of hydrogen-bond acceptors (Lipinski definition) is 7. The van der Waals surface area contributed by atoms with Crippen LogP contribution in [-0.2, 0) is 18.4 Å². The lowest BCUT2D eigenvalue weighted by Gasteiger charge is -2.32. The minimum atomic E-state index is -0.195. The zero-order valence-corrected chi connectivity index (χ0v) is 18.0. The SMILES string of the molecule is Cn1nc(N2CCCC(C(=O)NCCn3nc(-c4cccs4)ccc3=O)C2)ccc1=O. The Labute approximate surface area is 182 Å². The Bertz CT molecular complexity index is 1170. The third kappa shape index (κ3) is 4.91. The van der Waals surface area contributed by atoms with Gasteiger partial charge in [-0.15, -0.1) is 11.3 Å². The number of aromatic nitrogens is 4. The van der Waals surface area contributed by atoms with Gasteiger partial charge in [-0.1, -0.05) is 6.07 Å². The Morgan fingerprint density at radius 2 is 2.00 bits per heavy atom. The van der Waals surface area contributed by atoms with Gasteiger partial charge in [0.05, 0.1) is 17.3 Å². The molecule has 1 N–H and O–H groups in total. The van der Waals surface area contributed by atoms with E-state index in [1.165, 1.54) is 21.5 Å². The van der Waals surface area contributed by atoms with Gasteiger partial charge in [0.25, 0.3) is 11.1 Å². The van der Waals surface area contributed by atoms with Gasteiger partial charge in [-0.25, -0.2) is 9.36 Å². The molecule has 162 valence electrons. The number of carbonyl (C=O) groups excluding carboxylic acids is 1. The molecule has 9 nitrogen and oxygen atoms in total. The van der Waals surface area contributed by atoms with E-state index < -0.39 is 0 Å². The van der Waals surface area contributed by atoms with Crippen LogP contribution in [0.5, 0.6) is 0 Å². The van der Waals surface area contributed by atoms with Crippen LogP contribution in [-0.4, -0.2) is 45.1 Å². The molecule has 0 saturated carbocycles. The molecule has 1 fully saturated rings. The molecule has 10 heteroatoms. The minimum Gasteiger partial charge on any atom is -0.354 e. The number of piperidine rings is 1. The van der Waals surface area contributed by atoms with E-state index in [9.17, 15) is 14.4 Å². The molecule has 4 rings (SSSR count). The van der Waals surface area contributed by atoms with Gasteiger partial charge in [-0.2, -0.15) is 10.2 Å². The predicted octanol–water partition coefficient (Wildman–Crippen LogP) is 1.10. The monoisotopic (exact) mass is 440 g/mol. The highest BCUT2D eigenvalue weighted by Crippen LogP contribution is 2.22. The largest absolute Gasteiger partial charge is 0.354 e. The van der Waals surface area contributed by atoms with Crippen molar-refractivity contribution in [1.29, 1.82) is 0 Å². The maximum Gasteiger partial charge on any atom is 0.266 e. The van der Waals surface area contributed by atoms with E-state index >= 15 is 0 Å². The van der Waals surface area contributed by atoms with Crippen LogP contribution in [0.3, 0.4) is 0 Å². The van der Waals surface area contributed by atoms with Crippen molar-refractivity contribution in [2.24, 2.45) is 13.0 Å². The van der Waals surface area contributed by atoms with Crippen LogP contribution in [0, 0.1) is 5.92 Å². The molecule has 31 heavy (non-hydrogen) atoms. The Morgan fingerprint density at radius 3 is 2.77 bits per heavy atom. The summed E-state index contributed by atoms with van der Waals surface area (Å²) in [6.45, 7) is 1.98. The minimum absolute atomic E-state index is 0.0445. The number of rotatable bonds is 6. The molecule has 1 aliphatic heterocycles. The van der Waals surface area contributed by atoms with E-state index in [0.717, 1.165) is 30.0 Å². The summed E-state index contributed by atoms with van der Waals surface area (Å²) in [4.78, 5) is 39.4. The highest BCUT2D eigenvalue weighted by Gasteiger charge is 2.26. The Balaban J connectivity index is 1.34. The fourth-order valence-electron chi connectivity index (χ4n) is 3.65. The third-order valence-corrected chi connectivity index (χ3v) is 6.22. The number of amides is 1. The van der Waals surface area contributed by atoms with Crippen molar-refractivity contribution in [2.75, 3.05) is 24.5 Å². The summed E-state index contributed by atoms with van der Waals surface area (Å²) in [6.07, 6.45) is 1.66. The first kappa shape index (κ1) is 21.0. The van der Waals surface area contributed by atoms with Gasteiger partial charge < -0.3 is 10.2 Å². The van der Waals surface area contributed by atoms with Crippen LogP contribution in [0.4, 0.5) is 5.82 Å². The molecule has 0 aromatic carbocycles. The zero-order chi connectivity index (χ0) is 21.8. The number of aryl methyl sites for hydroxylation is 1. The lowest BCUT2D eigenvalue weighted by Crippen LogP contribution is -2.44. The molecule has 0 aliphatic carbocycles. The third-order valence-electron chi connectivity index (χ3n) is 5.33. The van der Waals surface area contributed by atoms with E-state index in [1.54, 1.807) is 30.5 Å². The van der Waals surface area contributed by atoms with Gasteiger partial charge in [0.1, 0.15) is 11.5 Å². The second-order valence-corrected chi connectivity index (χ2v) is 8.43. The molecule has 1 saturated heterocycles. The van der Waals surface area contributed by atoms with E-state index in [1.807, 2.05) is 22.4 Å². The summed E-state index contributed by atoms with van der Waals surface area (Å²) in [5.41, 5.74) is 0.384. The second-order valence-electron chi connectivity index (χ2n) is 7.49. The normalized spacial score (nSPS) is 16.3. The lowest BCUT2D eigenvalue weighted by atomic mass is 9.97. The van der Waals surface area contributed by atoms with Gasteiger partial charge in [-0.3, -0.25) is 14.4 Å². The van der Waals surface area contributed by atoms with Gasteiger partial charge in [0.2, 0.25) is 5.91 Å². The summed E-state index contributed by atoms with van der Waals surface area (Å²) in [5, 5.41) is 13.6. The van der Waals surface area contributed by atoms with Gasteiger partial charge in [-0.05, 0) is 36.4 Å². The van der Waals surface area contributed by atoms with Crippen LogP contribution >= 0.6 is 11.3 Å². The molecule has 1 aliphatic rings. The van der Waals surface area contributed by atoms with Crippen molar-refractivity contribution in [2.45, 2.75) is 19.4 Å². The van der Waals surface area contributed by atoms with Crippen LogP contribution in [0.15, 0.2) is 51.4 Å². The lowest BCUT2D eigenvalue weighted by molar-refractivity contribution is -0.125. The van der Waals surface area contributed by atoms with E-state index in [0.29, 0.717) is 25.5 Å². The van der Waals surface area contributed by atoms with Crippen LogP contribution in [0.2, 0.25) is 0 Å². The van der Waals surface area contributed by atoms with Crippen LogP contribution < -0.4 is 21.3 Å². The molecule has 0 bridgehead atoms. The number of hydrogen-bond donors (Lipinski definition) is 1. The molecule has 0 radical (unpaired) electrons. The number of thiophene rings is 1. The molecule has 3 aromatic heterocycles. The predicted molar refractivity (Wildman–Crippen MR) is 119 cm³/mol. The van der Waals surface area contributed by atoms with Crippen molar-refractivity contribution in [3.05, 3.63) is 62.5 Å². The summed E-state index contributed by atoms with van der Waals surface area (Å²) >= 11 is 1.56. The molecule has 3 aromatic rings.